The summed E-state index contributed by atoms with van der Waals surface area (Å²) in [5.74, 6) is -4.75. The lowest BCUT2D eigenvalue weighted by Crippen LogP contribution is -2.58. The molecule has 0 aromatic heterocycles. The van der Waals surface area contributed by atoms with Gasteiger partial charge in [-0.05, 0) is 94.0 Å². The lowest BCUT2D eigenvalue weighted by molar-refractivity contribution is -0.171. The van der Waals surface area contributed by atoms with Gasteiger partial charge in [-0.1, -0.05) is 273 Å². The minimum Gasteiger partial charge on any atom is -0.452 e. The zero-order valence-electron chi connectivity index (χ0n) is 50.0. The molecule has 12 heteroatoms. The summed E-state index contributed by atoms with van der Waals surface area (Å²) in [5, 5.41) is 0. The fraction of sp³-hybridized carbons (Fsp3) is 0.113. The molecule has 11 aromatic rings. The van der Waals surface area contributed by atoms with Gasteiger partial charge >= 0.3 is 29.8 Å². The molecule has 0 amide bonds. The number of rotatable bonds is 26. The molecule has 11 aromatic carbocycles. The Morgan fingerprint density at radius 3 is 0.576 bits per heavy atom. The van der Waals surface area contributed by atoms with Crippen molar-refractivity contribution in [3.63, 3.8) is 0 Å². The van der Waals surface area contributed by atoms with E-state index in [-0.39, 0.29) is 27.8 Å². The van der Waals surface area contributed by atoms with E-state index < -0.39 is 84.8 Å². The molecule has 1 unspecified atom stereocenters. The van der Waals surface area contributed by atoms with Gasteiger partial charge in [0.2, 0.25) is 0 Å². The average Bonchev–Trinajstić information content (AvgIpc) is 0.782. The Kier molecular flexibility index (Phi) is 20.5. The van der Waals surface area contributed by atoms with E-state index in [2.05, 4.69) is 0 Å². The van der Waals surface area contributed by atoms with Crippen LogP contribution >= 0.6 is 0 Å². The Morgan fingerprint density at radius 2 is 0.380 bits per heavy atom. The molecule has 0 radical (unpaired) electrons. The van der Waals surface area contributed by atoms with Gasteiger partial charge in [-0.25, -0.2) is 24.0 Å². The van der Waals surface area contributed by atoms with Crippen LogP contribution in [0.3, 0.4) is 0 Å². The third kappa shape index (κ3) is 14.5. The van der Waals surface area contributed by atoms with Crippen molar-refractivity contribution < 1.29 is 57.1 Å². The van der Waals surface area contributed by atoms with Crippen LogP contribution in [0.15, 0.2) is 334 Å². The molecule has 12 nitrogen and oxygen atoms in total. The first-order valence-electron chi connectivity index (χ1n) is 30.1. The molecule has 0 saturated carbocycles. The second-order valence-corrected chi connectivity index (χ2v) is 21.5. The molecule has 5 atom stereocenters. The van der Waals surface area contributed by atoms with Crippen molar-refractivity contribution >= 4 is 29.8 Å². The van der Waals surface area contributed by atoms with Crippen LogP contribution in [0.4, 0.5) is 0 Å². The van der Waals surface area contributed by atoms with Crippen LogP contribution in [0.25, 0.3) is 0 Å². The predicted octanol–water partition coefficient (Wildman–Crippen LogP) is 15.1. The Hall–Kier alpha value is -11.3. The first-order chi connectivity index (χ1) is 45.2. The van der Waals surface area contributed by atoms with E-state index in [1.54, 1.807) is 115 Å². The molecule has 456 valence electrons. The fourth-order valence-corrected chi connectivity index (χ4v) is 11.2. The quantitative estimate of drug-likeness (QED) is 0.0288. The van der Waals surface area contributed by atoms with Gasteiger partial charge in [-0.3, -0.25) is 0 Å². The third-order valence-corrected chi connectivity index (χ3v) is 15.7. The number of esters is 5. The molecule has 0 bridgehead atoms. The molecular formula is C80H64O12. The highest BCUT2D eigenvalue weighted by molar-refractivity contribution is 5.92. The summed E-state index contributed by atoms with van der Waals surface area (Å²) in [6.45, 7) is -1.26. The van der Waals surface area contributed by atoms with Crippen molar-refractivity contribution in [2.24, 2.45) is 0 Å². The molecule has 92 heavy (non-hydrogen) atoms. The lowest BCUT2D eigenvalue weighted by atomic mass is 9.80. The first kappa shape index (κ1) is 62.3. The zero-order valence-corrected chi connectivity index (χ0v) is 50.0. The Bertz CT molecular complexity index is 3680. The van der Waals surface area contributed by atoms with Crippen LogP contribution in [-0.2, 0) is 44.4 Å². The monoisotopic (exact) mass is 1220 g/mol. The lowest BCUT2D eigenvalue weighted by Gasteiger charge is -2.41. The number of carbonyl (C=O) groups excluding carboxylic acids is 5. The molecule has 0 saturated heterocycles. The van der Waals surface area contributed by atoms with E-state index in [0.717, 1.165) is 0 Å². The number of benzene rings is 11. The van der Waals surface area contributed by atoms with E-state index in [9.17, 15) is 0 Å². The summed E-state index contributed by atoms with van der Waals surface area (Å²) in [7, 11) is 0. The minimum absolute atomic E-state index is 0.0226. The maximum atomic E-state index is 15.5. The highest BCUT2D eigenvalue weighted by Gasteiger charge is 2.52. The highest BCUT2D eigenvalue weighted by Crippen LogP contribution is 2.43. The molecule has 0 fully saturated rings. The summed E-state index contributed by atoms with van der Waals surface area (Å²) in [6.07, 6.45) is -9.84. The van der Waals surface area contributed by atoms with Crippen molar-refractivity contribution in [1.82, 2.24) is 0 Å². The highest BCUT2D eigenvalue weighted by atomic mass is 16.7. The summed E-state index contributed by atoms with van der Waals surface area (Å²) in [5.41, 5.74) is 1.24. The van der Waals surface area contributed by atoms with Crippen LogP contribution in [0.2, 0.25) is 0 Å². The Labute approximate surface area is 534 Å². The number of hydrogen-bond donors (Lipinski definition) is 0. The predicted molar refractivity (Wildman–Crippen MR) is 349 cm³/mol. The van der Waals surface area contributed by atoms with Gasteiger partial charge in [0.1, 0.15) is 11.2 Å². The molecular weight excluding hydrogens is 1150 g/mol. The third-order valence-electron chi connectivity index (χ3n) is 15.7. The Balaban J connectivity index is 1.17. The maximum absolute atomic E-state index is 15.5. The SMILES string of the molecule is O=C(OC([C@@H](OC(=O)c1ccccc1)[C@H](COC(c1ccccc1)(c1ccccc1)c1ccccc1)OC(=O)c1ccccc1)[C@H](OC(=O)c1ccccc1)[C@@H](COC(c1ccccc1)(c1ccccc1)c1ccccc1)OC(=O)c1ccccc1)c1ccccc1. The molecule has 0 N–H and O–H groups in total. The van der Waals surface area contributed by atoms with E-state index in [4.69, 9.17) is 33.2 Å². The van der Waals surface area contributed by atoms with Crippen LogP contribution in [-0.4, -0.2) is 73.6 Å². The molecule has 0 heterocycles. The van der Waals surface area contributed by atoms with Gasteiger partial charge in [0.25, 0.3) is 0 Å². The van der Waals surface area contributed by atoms with Crippen molar-refractivity contribution in [2.75, 3.05) is 13.2 Å². The summed E-state index contributed by atoms with van der Waals surface area (Å²) < 4.78 is 49.1. The van der Waals surface area contributed by atoms with E-state index in [1.807, 2.05) is 182 Å². The topological polar surface area (TPSA) is 150 Å². The fourth-order valence-electron chi connectivity index (χ4n) is 11.2. The second kappa shape index (κ2) is 30.3. The van der Waals surface area contributed by atoms with Gasteiger partial charge in [-0.15, -0.1) is 0 Å². The van der Waals surface area contributed by atoms with Crippen molar-refractivity contribution in [3.05, 3.63) is 395 Å². The first-order valence-corrected chi connectivity index (χ1v) is 30.1. The molecule has 0 aliphatic rings. The normalized spacial score (nSPS) is 13.0. The van der Waals surface area contributed by atoms with Crippen molar-refractivity contribution in [1.29, 1.82) is 0 Å². The summed E-state index contributed by atoms with van der Waals surface area (Å²) in [4.78, 5) is 76.7. The van der Waals surface area contributed by atoms with Crippen LogP contribution in [0.5, 0.6) is 0 Å². The Morgan fingerprint density at radius 1 is 0.217 bits per heavy atom. The standard InChI is InChI=1S/C80H64O12/c81-74(58-34-12-1-13-35-58)88-69(56-86-79(63-44-22-6-23-45-63,64-46-24-7-25-47-64)65-48-26-8-27-49-65)71(90-76(83)60-38-16-3-17-39-60)73(92-78(85)62-42-20-5-21-43-62)72(91-77(84)61-40-18-4-19-41-61)70(89-75(82)59-36-14-2-15-37-59)57-87-80(66-50-28-9-29-51-66,67-52-30-10-31-53-67)68-54-32-11-33-55-68/h1-55,69-73H,56-57H2/t69-,70+,71-,72+,73?. The summed E-state index contributed by atoms with van der Waals surface area (Å²) >= 11 is 0. The van der Waals surface area contributed by atoms with Gasteiger partial charge in [0, 0.05) is 0 Å². The van der Waals surface area contributed by atoms with E-state index in [0.29, 0.717) is 33.4 Å². The minimum atomic E-state index is -2.11. The van der Waals surface area contributed by atoms with Gasteiger partial charge < -0.3 is 33.2 Å². The van der Waals surface area contributed by atoms with Crippen LogP contribution in [0.1, 0.15) is 85.2 Å². The van der Waals surface area contributed by atoms with Crippen molar-refractivity contribution in [3.8, 4) is 0 Å². The second-order valence-electron chi connectivity index (χ2n) is 21.5. The van der Waals surface area contributed by atoms with E-state index in [1.165, 1.54) is 36.4 Å². The van der Waals surface area contributed by atoms with Crippen LogP contribution < -0.4 is 0 Å². The van der Waals surface area contributed by atoms with Gasteiger partial charge in [-0.2, -0.15) is 0 Å². The van der Waals surface area contributed by atoms with Gasteiger partial charge in [0.15, 0.2) is 30.5 Å². The average molecular weight is 1220 g/mol. The smallest absolute Gasteiger partial charge is 0.338 e. The van der Waals surface area contributed by atoms with Crippen molar-refractivity contribution in [2.45, 2.75) is 41.7 Å². The van der Waals surface area contributed by atoms with Crippen LogP contribution in [0, 0.1) is 0 Å². The zero-order chi connectivity index (χ0) is 63.4. The van der Waals surface area contributed by atoms with Gasteiger partial charge in [0.05, 0.1) is 41.0 Å². The number of carbonyl (C=O) groups is 5. The molecule has 0 aliphatic heterocycles. The number of hydrogen-bond acceptors (Lipinski definition) is 12. The largest absolute Gasteiger partial charge is 0.452 e. The molecule has 0 spiro atoms. The molecule has 0 aliphatic carbocycles. The molecule has 11 rings (SSSR count). The maximum Gasteiger partial charge on any atom is 0.338 e. The van der Waals surface area contributed by atoms with E-state index >= 15 is 24.0 Å². The summed E-state index contributed by atoms with van der Waals surface area (Å²) in [6, 6.07) is 97.2. The number of ether oxygens (including phenoxy) is 7.